The third kappa shape index (κ3) is 3.23. The number of methoxy groups -OCH3 is 1. The van der Waals surface area contributed by atoms with Crippen molar-refractivity contribution in [2.24, 2.45) is 0 Å². The molecule has 0 spiro atoms. The van der Waals surface area contributed by atoms with E-state index < -0.39 is 0 Å². The first-order chi connectivity index (χ1) is 14.0. The highest BCUT2D eigenvalue weighted by molar-refractivity contribution is 14.1. The van der Waals surface area contributed by atoms with E-state index in [9.17, 15) is 10.1 Å². The molecule has 0 bridgehead atoms. The van der Waals surface area contributed by atoms with Crippen LogP contribution in [0.4, 0.5) is 5.69 Å². The van der Waals surface area contributed by atoms with Crippen molar-refractivity contribution in [1.82, 2.24) is 0 Å². The maximum Gasteiger partial charge on any atom is 0.269 e. The molecule has 4 nitrogen and oxygen atoms in total. The molecule has 0 N–H and O–H groups in total. The van der Waals surface area contributed by atoms with Crippen LogP contribution >= 0.6 is 22.6 Å². The minimum atomic E-state index is -0.358. The van der Waals surface area contributed by atoms with E-state index in [1.54, 1.807) is 19.2 Å². The molecule has 1 atom stereocenters. The molecular weight excluding hydrogens is 477 g/mol. The Balaban J connectivity index is 2.00. The molecule has 146 valence electrons. The number of hydrogen-bond donors (Lipinski definition) is 0. The average molecular weight is 497 g/mol. The van der Waals surface area contributed by atoms with E-state index in [4.69, 9.17) is 4.74 Å². The average Bonchev–Trinajstić information content (AvgIpc) is 3.03. The van der Waals surface area contributed by atoms with E-state index in [0.29, 0.717) is 0 Å². The molecule has 0 aliphatic heterocycles. The van der Waals surface area contributed by atoms with Crippen molar-refractivity contribution < 1.29 is 9.66 Å². The van der Waals surface area contributed by atoms with Crippen LogP contribution in [-0.2, 0) is 5.41 Å². The van der Waals surface area contributed by atoms with Gasteiger partial charge >= 0.3 is 0 Å². The van der Waals surface area contributed by atoms with Gasteiger partial charge in [-0.15, -0.1) is 0 Å². The lowest BCUT2D eigenvalue weighted by Crippen LogP contribution is -2.23. The van der Waals surface area contributed by atoms with E-state index >= 15 is 0 Å². The Hall–Kier alpha value is -2.67. The topological polar surface area (TPSA) is 52.4 Å². The molecule has 4 rings (SSSR count). The number of ether oxygens (including phenoxy) is 1. The third-order valence-corrected chi connectivity index (χ3v) is 7.13. The first-order valence-electron chi connectivity index (χ1n) is 9.29. The number of hydrogen-bond acceptors (Lipinski definition) is 3. The van der Waals surface area contributed by atoms with E-state index in [1.807, 2.05) is 24.3 Å². The van der Waals surface area contributed by atoms with Gasteiger partial charge in [-0.3, -0.25) is 10.1 Å². The molecule has 0 saturated carbocycles. The third-order valence-electron chi connectivity index (χ3n) is 5.61. The van der Waals surface area contributed by atoms with Gasteiger partial charge in [0, 0.05) is 22.0 Å². The fourth-order valence-corrected chi connectivity index (χ4v) is 4.93. The molecule has 5 heteroatoms. The van der Waals surface area contributed by atoms with Crippen LogP contribution in [0.5, 0.6) is 5.75 Å². The van der Waals surface area contributed by atoms with Crippen molar-refractivity contribution in [3.8, 4) is 5.75 Å². The maximum atomic E-state index is 11.1. The quantitative estimate of drug-likeness (QED) is 0.181. The maximum absolute atomic E-state index is 11.1. The van der Waals surface area contributed by atoms with Crippen LogP contribution in [0.3, 0.4) is 0 Å². The Morgan fingerprint density at radius 3 is 2.17 bits per heavy atom. The Bertz CT molecular complexity index is 1100. The molecule has 0 aromatic heterocycles. The summed E-state index contributed by atoms with van der Waals surface area (Å²) >= 11 is 2.44. The minimum Gasteiger partial charge on any atom is -0.497 e. The monoisotopic (exact) mass is 497 g/mol. The smallest absolute Gasteiger partial charge is 0.269 e. The lowest BCUT2D eigenvalue weighted by Gasteiger charge is -2.28. The highest BCUT2D eigenvalue weighted by Gasteiger charge is 2.41. The molecule has 0 heterocycles. The van der Waals surface area contributed by atoms with Gasteiger partial charge in [0.25, 0.3) is 5.69 Å². The lowest BCUT2D eigenvalue weighted by molar-refractivity contribution is -0.384. The van der Waals surface area contributed by atoms with Gasteiger partial charge in [0.2, 0.25) is 0 Å². The normalized spacial score (nSPS) is 17.9. The van der Waals surface area contributed by atoms with Gasteiger partial charge in [-0.05, 0) is 57.7 Å². The summed E-state index contributed by atoms with van der Waals surface area (Å²) < 4.78 is 6.23. The van der Waals surface area contributed by atoms with Crippen LogP contribution in [0.2, 0.25) is 0 Å². The summed E-state index contributed by atoms with van der Waals surface area (Å²) in [6.45, 7) is 2.26. The summed E-state index contributed by atoms with van der Waals surface area (Å²) in [6, 6.07) is 23.5. The second kappa shape index (κ2) is 7.63. The number of nitrogens with zero attached hydrogens (tertiary/aromatic N) is 1. The molecule has 29 heavy (non-hydrogen) atoms. The van der Waals surface area contributed by atoms with Crippen LogP contribution in [0.25, 0.3) is 11.1 Å². The zero-order valence-electron chi connectivity index (χ0n) is 16.2. The molecule has 0 fully saturated rings. The van der Waals surface area contributed by atoms with Crippen molar-refractivity contribution in [1.29, 1.82) is 0 Å². The highest BCUT2D eigenvalue weighted by atomic mass is 127. The van der Waals surface area contributed by atoms with E-state index in [0.717, 1.165) is 21.3 Å². The Labute approximate surface area is 183 Å². The predicted octanol–water partition coefficient (Wildman–Crippen LogP) is 6.27. The van der Waals surface area contributed by atoms with Gasteiger partial charge in [-0.25, -0.2) is 0 Å². The van der Waals surface area contributed by atoms with Crippen LogP contribution in [0.15, 0.2) is 72.8 Å². The fourth-order valence-electron chi connectivity index (χ4n) is 4.14. The molecule has 0 amide bonds. The van der Waals surface area contributed by atoms with Crippen molar-refractivity contribution in [3.05, 3.63) is 105 Å². The van der Waals surface area contributed by atoms with Gasteiger partial charge in [0.05, 0.1) is 12.0 Å². The molecule has 3 aromatic rings. The van der Waals surface area contributed by atoms with Crippen molar-refractivity contribution in [2.75, 3.05) is 11.5 Å². The van der Waals surface area contributed by atoms with E-state index in [-0.39, 0.29) is 16.0 Å². The number of non-ortho nitro benzene ring substituents is 1. The first kappa shape index (κ1) is 19.6. The van der Waals surface area contributed by atoms with Crippen molar-refractivity contribution >= 4 is 39.4 Å². The summed E-state index contributed by atoms with van der Waals surface area (Å²) in [5.41, 5.74) is 6.91. The van der Waals surface area contributed by atoms with Gasteiger partial charge in [-0.1, -0.05) is 65.9 Å². The summed E-state index contributed by atoms with van der Waals surface area (Å²) in [5.74, 6) is 0.814. The second-order valence-electron chi connectivity index (χ2n) is 7.29. The Morgan fingerprint density at radius 1 is 0.966 bits per heavy atom. The zero-order chi connectivity index (χ0) is 20.6. The second-order valence-corrected chi connectivity index (χ2v) is 8.06. The molecular formula is C24H20INO3. The molecule has 1 aliphatic carbocycles. The number of rotatable bonds is 5. The van der Waals surface area contributed by atoms with Crippen molar-refractivity contribution in [2.45, 2.75) is 12.3 Å². The number of nitro benzene ring substituents is 1. The van der Waals surface area contributed by atoms with Gasteiger partial charge in [0.15, 0.2) is 0 Å². The van der Waals surface area contributed by atoms with Crippen molar-refractivity contribution in [3.63, 3.8) is 0 Å². The summed E-state index contributed by atoms with van der Waals surface area (Å²) in [4.78, 5) is 10.8. The number of fused-ring (bicyclic) bond motifs is 1. The summed E-state index contributed by atoms with van der Waals surface area (Å²) in [7, 11) is 1.66. The highest BCUT2D eigenvalue weighted by Crippen LogP contribution is 2.54. The summed E-state index contributed by atoms with van der Waals surface area (Å²) in [5, 5.41) is 11.1. The number of alkyl halides is 1. The fraction of sp³-hybridized carbons (Fsp3) is 0.167. The molecule has 0 saturated heterocycles. The van der Waals surface area contributed by atoms with Crippen LogP contribution in [-0.4, -0.2) is 16.5 Å². The molecule has 1 unspecified atom stereocenters. The lowest BCUT2D eigenvalue weighted by atomic mass is 9.78. The number of allylic oxidation sites excluding steroid dienone is 1. The minimum absolute atomic E-state index is 0.104. The number of benzene rings is 3. The number of halogens is 1. The first-order valence-corrected chi connectivity index (χ1v) is 10.8. The largest absolute Gasteiger partial charge is 0.497 e. The Kier molecular flexibility index (Phi) is 5.17. The zero-order valence-corrected chi connectivity index (χ0v) is 18.3. The Morgan fingerprint density at radius 2 is 1.59 bits per heavy atom. The SMILES string of the molecule is COc1ccc(C2=C(c3ccc([N+](=O)[O-])cc3)C(C)(CI)c3ccccc32)cc1. The molecule has 3 aromatic carbocycles. The van der Waals surface area contributed by atoms with Crippen LogP contribution in [0.1, 0.15) is 29.2 Å². The number of nitro groups is 1. The van der Waals surface area contributed by atoms with E-state index in [1.165, 1.54) is 22.3 Å². The predicted molar refractivity (Wildman–Crippen MR) is 125 cm³/mol. The van der Waals surface area contributed by atoms with Crippen LogP contribution in [0, 0.1) is 10.1 Å². The van der Waals surface area contributed by atoms with Gasteiger partial charge in [-0.2, -0.15) is 0 Å². The van der Waals surface area contributed by atoms with E-state index in [2.05, 4.69) is 65.9 Å². The van der Waals surface area contributed by atoms with Gasteiger partial charge in [0.1, 0.15) is 5.75 Å². The molecule has 0 radical (unpaired) electrons. The van der Waals surface area contributed by atoms with Gasteiger partial charge < -0.3 is 4.74 Å². The van der Waals surface area contributed by atoms with Crippen LogP contribution < -0.4 is 4.74 Å². The summed E-state index contributed by atoms with van der Waals surface area (Å²) in [6.07, 6.45) is 0. The standard InChI is InChI=1S/C24H20INO3/c1-24(15-25)21-6-4-3-5-20(21)22(16-9-13-19(29-2)14-10-16)23(24)17-7-11-18(12-8-17)26(27)28/h3-14H,15H2,1-2H3. The molecule has 1 aliphatic rings.